The SMILES string of the molecule is C=C(c1cc(OC)c2c(C)c(-c3cc4cccc(OC[C@H]5CCC(=O)N5)c4n3CC3CC3)nn2c1)N1C[C@H](F)C[C@@H](NC)C1. The summed E-state index contributed by atoms with van der Waals surface area (Å²) in [5, 5.41) is 12.5. The lowest BCUT2D eigenvalue weighted by Crippen LogP contribution is -2.48. The number of likely N-dealkylation sites (N-methyl/N-ethyl adjacent to an activating group) is 1. The number of pyridine rings is 1. The van der Waals surface area contributed by atoms with Crippen molar-refractivity contribution in [3.05, 3.63) is 54.2 Å². The van der Waals surface area contributed by atoms with E-state index in [0.717, 1.165) is 63.3 Å². The van der Waals surface area contributed by atoms with Gasteiger partial charge in [0.05, 0.1) is 24.4 Å². The first-order chi connectivity index (χ1) is 21.3. The summed E-state index contributed by atoms with van der Waals surface area (Å²) in [6, 6.07) is 10.5. The number of ether oxygens (including phenoxy) is 2. The normalized spacial score (nSPS) is 22.1. The van der Waals surface area contributed by atoms with Crippen molar-refractivity contribution in [3.8, 4) is 22.9 Å². The topological polar surface area (TPSA) is 85.1 Å². The molecule has 2 aliphatic heterocycles. The minimum Gasteiger partial charge on any atom is -0.494 e. The Morgan fingerprint density at radius 2 is 2.02 bits per heavy atom. The number of halogens is 1. The molecular formula is C34H41FN6O3. The Morgan fingerprint density at radius 1 is 1.18 bits per heavy atom. The van der Waals surface area contributed by atoms with Crippen LogP contribution in [0.3, 0.4) is 0 Å². The van der Waals surface area contributed by atoms with E-state index >= 15 is 0 Å². The van der Waals surface area contributed by atoms with Crippen molar-refractivity contribution in [2.45, 2.75) is 63.8 Å². The van der Waals surface area contributed by atoms with Crippen molar-refractivity contribution in [2.75, 3.05) is 33.9 Å². The highest BCUT2D eigenvalue weighted by Crippen LogP contribution is 2.41. The number of aromatic nitrogens is 3. The van der Waals surface area contributed by atoms with Crippen LogP contribution in [0, 0.1) is 12.8 Å². The molecule has 44 heavy (non-hydrogen) atoms. The fraction of sp³-hybridized carbons (Fsp3) is 0.471. The monoisotopic (exact) mass is 600 g/mol. The van der Waals surface area contributed by atoms with Crippen LogP contribution >= 0.6 is 0 Å². The lowest BCUT2D eigenvalue weighted by atomic mass is 10.0. The zero-order valence-electron chi connectivity index (χ0n) is 25.7. The Kier molecular flexibility index (Phi) is 7.48. The van der Waals surface area contributed by atoms with E-state index < -0.39 is 6.17 Å². The van der Waals surface area contributed by atoms with Gasteiger partial charge in [-0.15, -0.1) is 0 Å². The third-order valence-corrected chi connectivity index (χ3v) is 9.46. The van der Waals surface area contributed by atoms with Gasteiger partial charge in [-0.3, -0.25) is 4.79 Å². The van der Waals surface area contributed by atoms with Gasteiger partial charge >= 0.3 is 0 Å². The van der Waals surface area contributed by atoms with Gasteiger partial charge in [-0.05, 0) is 63.8 Å². The molecule has 9 nitrogen and oxygen atoms in total. The fourth-order valence-electron chi connectivity index (χ4n) is 6.84. The molecule has 1 saturated carbocycles. The van der Waals surface area contributed by atoms with E-state index in [0.29, 0.717) is 44.2 Å². The molecule has 0 unspecified atom stereocenters. The number of alkyl halides is 1. The molecule has 232 valence electrons. The molecule has 2 saturated heterocycles. The molecule has 3 fully saturated rings. The summed E-state index contributed by atoms with van der Waals surface area (Å²) < 4.78 is 31.1. The molecule has 7 rings (SSSR count). The number of hydrogen-bond donors (Lipinski definition) is 2. The summed E-state index contributed by atoms with van der Waals surface area (Å²) in [5.41, 5.74) is 6.49. The Balaban J connectivity index is 1.28. The smallest absolute Gasteiger partial charge is 0.220 e. The second kappa shape index (κ2) is 11.5. The van der Waals surface area contributed by atoms with Crippen LogP contribution in [0.2, 0.25) is 0 Å². The summed E-state index contributed by atoms with van der Waals surface area (Å²) in [5.74, 6) is 2.23. The zero-order chi connectivity index (χ0) is 30.5. The molecule has 0 radical (unpaired) electrons. The Morgan fingerprint density at radius 3 is 2.75 bits per heavy atom. The molecule has 1 aromatic carbocycles. The van der Waals surface area contributed by atoms with Gasteiger partial charge in [-0.2, -0.15) is 5.10 Å². The van der Waals surface area contributed by atoms with Crippen LogP contribution in [0.15, 0.2) is 43.1 Å². The number of methoxy groups -OCH3 is 1. The standard InChI is InChI=1S/C34H41FN6O3/c1-20-32(38-41-16-24(13-30(43-4)33(20)41)21(2)39-17-25(35)14-27(18-39)36-3)28-12-23-6-5-7-29(34(23)40(28)15-22-8-9-22)44-19-26-10-11-31(42)37-26/h5-7,12-13,16,22,25-27,36H,2,8-11,14-15,17-19H2,1,3-4H3,(H,37,42)/t25-,26-,27-/m1/s1. The predicted octanol–water partition coefficient (Wildman–Crippen LogP) is 4.94. The van der Waals surface area contributed by atoms with Gasteiger partial charge in [0.15, 0.2) is 0 Å². The number of carbonyl (C=O) groups excluding carboxylic acids is 1. The molecule has 3 aliphatic rings. The first-order valence-corrected chi connectivity index (χ1v) is 15.7. The fourth-order valence-corrected chi connectivity index (χ4v) is 6.84. The summed E-state index contributed by atoms with van der Waals surface area (Å²) in [4.78, 5) is 13.7. The van der Waals surface area contributed by atoms with E-state index in [1.807, 2.05) is 40.9 Å². The van der Waals surface area contributed by atoms with Gasteiger partial charge in [0, 0.05) is 60.5 Å². The Labute approximate surface area is 257 Å². The molecule has 5 heterocycles. The number of rotatable bonds is 10. The van der Waals surface area contributed by atoms with E-state index in [4.69, 9.17) is 14.6 Å². The van der Waals surface area contributed by atoms with E-state index in [2.05, 4.69) is 40.8 Å². The molecule has 4 aromatic rings. The van der Waals surface area contributed by atoms with E-state index in [1.54, 1.807) is 7.11 Å². The van der Waals surface area contributed by atoms with Crippen LogP contribution in [-0.2, 0) is 11.3 Å². The molecule has 3 atom stereocenters. The van der Waals surface area contributed by atoms with E-state index in [9.17, 15) is 9.18 Å². The van der Waals surface area contributed by atoms with Crippen LogP contribution < -0.4 is 20.1 Å². The largest absolute Gasteiger partial charge is 0.494 e. The number of carbonyl (C=O) groups is 1. The first kappa shape index (κ1) is 28.7. The first-order valence-electron chi connectivity index (χ1n) is 15.7. The van der Waals surface area contributed by atoms with Crippen LogP contribution in [0.1, 0.15) is 43.2 Å². The lowest BCUT2D eigenvalue weighted by molar-refractivity contribution is -0.119. The maximum atomic E-state index is 14.6. The van der Waals surface area contributed by atoms with Crippen molar-refractivity contribution in [2.24, 2.45) is 5.92 Å². The second-order valence-electron chi connectivity index (χ2n) is 12.6. The Bertz CT molecular complexity index is 1740. The molecule has 1 amide bonds. The average Bonchev–Trinajstić information content (AvgIpc) is 3.49. The Hall–Kier alpha value is -4.05. The number of benzene rings is 1. The number of likely N-dealkylation sites (tertiary alicyclic amines) is 1. The number of amides is 1. The minimum atomic E-state index is -0.915. The number of piperidine rings is 1. The molecule has 0 bridgehead atoms. The molecular weight excluding hydrogens is 559 g/mol. The summed E-state index contributed by atoms with van der Waals surface area (Å²) in [6.07, 6.45) is 5.34. The lowest BCUT2D eigenvalue weighted by Gasteiger charge is -2.37. The average molecular weight is 601 g/mol. The van der Waals surface area contributed by atoms with Gasteiger partial charge in [0.1, 0.15) is 35.5 Å². The van der Waals surface area contributed by atoms with Crippen molar-refractivity contribution >= 4 is 28.0 Å². The number of aryl methyl sites for hydroxylation is 1. The van der Waals surface area contributed by atoms with Gasteiger partial charge < -0.3 is 29.6 Å². The number of nitrogens with zero attached hydrogens (tertiary/aromatic N) is 4. The van der Waals surface area contributed by atoms with Gasteiger partial charge in [-0.1, -0.05) is 18.7 Å². The quantitative estimate of drug-likeness (QED) is 0.268. The highest BCUT2D eigenvalue weighted by atomic mass is 19.1. The molecule has 0 spiro atoms. The van der Waals surface area contributed by atoms with Crippen molar-refractivity contribution < 1.29 is 18.7 Å². The van der Waals surface area contributed by atoms with Gasteiger partial charge in [0.2, 0.25) is 5.91 Å². The summed E-state index contributed by atoms with van der Waals surface area (Å²) >= 11 is 0. The third-order valence-electron chi connectivity index (χ3n) is 9.46. The summed E-state index contributed by atoms with van der Waals surface area (Å²) in [6.45, 7) is 8.79. The predicted molar refractivity (Wildman–Crippen MR) is 170 cm³/mol. The number of nitrogens with one attached hydrogen (secondary N) is 2. The zero-order valence-corrected chi connectivity index (χ0v) is 25.7. The van der Waals surface area contributed by atoms with Crippen LogP contribution in [-0.4, -0.2) is 77.1 Å². The minimum absolute atomic E-state index is 0.0333. The maximum Gasteiger partial charge on any atom is 0.220 e. The number of hydrogen-bond acceptors (Lipinski definition) is 6. The van der Waals surface area contributed by atoms with Gasteiger partial charge in [0.25, 0.3) is 0 Å². The maximum absolute atomic E-state index is 14.6. The van der Waals surface area contributed by atoms with E-state index in [-0.39, 0.29) is 18.0 Å². The van der Waals surface area contributed by atoms with Crippen molar-refractivity contribution in [1.29, 1.82) is 0 Å². The molecule has 3 aromatic heterocycles. The second-order valence-corrected chi connectivity index (χ2v) is 12.6. The van der Waals surface area contributed by atoms with Crippen molar-refractivity contribution in [3.63, 3.8) is 0 Å². The number of para-hydroxylation sites is 1. The highest BCUT2D eigenvalue weighted by Gasteiger charge is 2.30. The van der Waals surface area contributed by atoms with Crippen LogP contribution in [0.25, 0.3) is 33.5 Å². The molecule has 2 N–H and O–H groups in total. The molecule has 10 heteroatoms. The number of fused-ring (bicyclic) bond motifs is 2. The van der Waals surface area contributed by atoms with Crippen LogP contribution in [0.4, 0.5) is 4.39 Å². The summed E-state index contributed by atoms with van der Waals surface area (Å²) in [7, 11) is 3.54. The van der Waals surface area contributed by atoms with Crippen molar-refractivity contribution in [1.82, 2.24) is 29.7 Å². The van der Waals surface area contributed by atoms with Crippen LogP contribution in [0.5, 0.6) is 11.5 Å². The van der Waals surface area contributed by atoms with E-state index in [1.165, 1.54) is 12.8 Å². The van der Waals surface area contributed by atoms with Gasteiger partial charge in [-0.25, -0.2) is 8.91 Å². The highest BCUT2D eigenvalue weighted by molar-refractivity contribution is 5.92. The third kappa shape index (κ3) is 5.29. The molecule has 1 aliphatic carbocycles.